The summed E-state index contributed by atoms with van der Waals surface area (Å²) in [6.07, 6.45) is 0.830. The van der Waals surface area contributed by atoms with E-state index >= 15 is 0 Å². The zero-order valence-electron chi connectivity index (χ0n) is 4.00. The Morgan fingerprint density at radius 2 is 1.88 bits per heavy atom. The molecule has 0 aromatic carbocycles. The summed E-state index contributed by atoms with van der Waals surface area (Å²) in [6.45, 7) is 0. The van der Waals surface area contributed by atoms with Gasteiger partial charge in [-0.25, -0.2) is 0 Å². The van der Waals surface area contributed by atoms with Gasteiger partial charge in [0.15, 0.2) is 0 Å². The molecule has 0 aliphatic heterocycles. The van der Waals surface area contributed by atoms with Gasteiger partial charge in [0.1, 0.15) is 12.1 Å². The van der Waals surface area contributed by atoms with Crippen LogP contribution in [0.2, 0.25) is 0 Å². The number of aliphatic hydroxyl groups is 1. The Balaban J connectivity index is 3.60. The van der Waals surface area contributed by atoms with Crippen LogP contribution in [0.25, 0.3) is 0 Å². The number of hydrogen-bond donors (Lipinski definition) is 2. The Bertz CT molecular complexity index is 81.3. The molecule has 0 heterocycles. The minimum absolute atomic E-state index is 1.13. The minimum atomic E-state index is -1.53. The average Bonchev–Trinajstić information content (AvgIpc) is 1.84. The van der Waals surface area contributed by atoms with Gasteiger partial charge in [-0.1, -0.05) is 0 Å². The lowest BCUT2D eigenvalue weighted by molar-refractivity contribution is 0.224. The largest absolute Gasteiger partial charge is 0.383 e. The van der Waals surface area contributed by atoms with Gasteiger partial charge in [0.05, 0.1) is 0 Å². The van der Waals surface area contributed by atoms with Gasteiger partial charge in [0.2, 0.25) is 12.6 Å². The molecule has 0 bridgehead atoms. The monoisotopic (exact) mass is 115 g/mol. The van der Waals surface area contributed by atoms with E-state index in [9.17, 15) is 9.59 Å². The SMILES string of the molecule is N[C@H]([C]=O)C(O)[C]=O. The fourth-order valence-electron chi connectivity index (χ4n) is 0.138. The summed E-state index contributed by atoms with van der Waals surface area (Å²) in [5.41, 5.74) is 4.79. The van der Waals surface area contributed by atoms with Gasteiger partial charge in [0, 0.05) is 0 Å². The molecule has 3 N–H and O–H groups in total. The van der Waals surface area contributed by atoms with Gasteiger partial charge in [-0.2, -0.15) is 0 Å². The van der Waals surface area contributed by atoms with Crippen molar-refractivity contribution in [1.82, 2.24) is 0 Å². The minimum Gasteiger partial charge on any atom is -0.383 e. The Labute approximate surface area is 46.3 Å². The van der Waals surface area contributed by atoms with E-state index in [4.69, 9.17) is 10.8 Å². The predicted octanol–water partition coefficient (Wildman–Crippen LogP) is -2.11. The molecule has 0 amide bonds. The van der Waals surface area contributed by atoms with E-state index < -0.39 is 12.1 Å². The maximum absolute atomic E-state index is 9.52. The molecule has 2 atom stereocenters. The molecule has 0 spiro atoms. The van der Waals surface area contributed by atoms with Gasteiger partial charge in [-0.15, -0.1) is 0 Å². The molecule has 2 radical (unpaired) electrons. The molecule has 0 aromatic rings. The molecule has 0 rings (SSSR count). The fourth-order valence-corrected chi connectivity index (χ4v) is 0.138. The smallest absolute Gasteiger partial charge is 0.231 e. The molecule has 0 aromatic heterocycles. The van der Waals surface area contributed by atoms with E-state index in [1.54, 1.807) is 0 Å². The maximum Gasteiger partial charge on any atom is 0.231 e. The summed E-state index contributed by atoms with van der Waals surface area (Å²) in [4.78, 5) is 19.0. The summed E-state index contributed by atoms with van der Waals surface area (Å²) >= 11 is 0. The first kappa shape index (κ1) is 7.26. The van der Waals surface area contributed by atoms with Crippen molar-refractivity contribution in [3.63, 3.8) is 0 Å². The van der Waals surface area contributed by atoms with Crippen molar-refractivity contribution < 1.29 is 14.7 Å². The molecule has 44 valence electrons. The Morgan fingerprint density at radius 1 is 1.38 bits per heavy atom. The van der Waals surface area contributed by atoms with E-state index in [1.807, 2.05) is 0 Å². The third-order valence-electron chi connectivity index (χ3n) is 0.597. The van der Waals surface area contributed by atoms with E-state index in [0.717, 1.165) is 6.29 Å². The Hall–Kier alpha value is -0.740. The molecule has 0 saturated heterocycles. The lowest BCUT2D eigenvalue weighted by Crippen LogP contribution is -2.36. The van der Waals surface area contributed by atoms with Crippen LogP contribution in [0.4, 0.5) is 0 Å². The zero-order chi connectivity index (χ0) is 6.57. The molecule has 8 heavy (non-hydrogen) atoms. The summed E-state index contributed by atoms with van der Waals surface area (Å²) in [7, 11) is 0. The van der Waals surface area contributed by atoms with Crippen molar-refractivity contribution in [2.24, 2.45) is 5.73 Å². The highest BCUT2D eigenvalue weighted by Crippen LogP contribution is 1.78. The molecule has 0 aliphatic rings. The van der Waals surface area contributed by atoms with Crippen molar-refractivity contribution in [2.45, 2.75) is 12.1 Å². The summed E-state index contributed by atoms with van der Waals surface area (Å²) in [5.74, 6) is 0. The number of nitrogens with two attached hydrogens (primary N) is 1. The molecule has 4 heteroatoms. The standard InChI is InChI=1S/C4H5NO3/c5-3(1-6)4(8)2-7/h3-4,8H,5H2/t3-,4?/m1/s1. The van der Waals surface area contributed by atoms with Gasteiger partial charge < -0.3 is 10.8 Å². The van der Waals surface area contributed by atoms with Crippen LogP contribution in [-0.2, 0) is 9.59 Å². The van der Waals surface area contributed by atoms with Gasteiger partial charge >= 0.3 is 0 Å². The molecule has 0 aliphatic carbocycles. The number of carbonyl (C=O) groups excluding carboxylic acids is 2. The highest BCUT2D eigenvalue weighted by molar-refractivity contribution is 5.69. The van der Waals surface area contributed by atoms with Gasteiger partial charge in [0.25, 0.3) is 0 Å². The summed E-state index contributed by atoms with van der Waals surface area (Å²) in [6, 6.07) is -1.26. The van der Waals surface area contributed by atoms with E-state index in [2.05, 4.69) is 0 Å². The summed E-state index contributed by atoms with van der Waals surface area (Å²) < 4.78 is 0. The number of aliphatic hydroxyl groups excluding tert-OH is 1. The van der Waals surface area contributed by atoms with Crippen LogP contribution in [0.1, 0.15) is 0 Å². The molecule has 4 nitrogen and oxygen atoms in total. The first-order valence-electron chi connectivity index (χ1n) is 1.91. The van der Waals surface area contributed by atoms with Crippen molar-refractivity contribution in [3.05, 3.63) is 0 Å². The van der Waals surface area contributed by atoms with Crippen LogP contribution in [-0.4, -0.2) is 29.8 Å². The van der Waals surface area contributed by atoms with Gasteiger partial charge in [-0.3, -0.25) is 9.59 Å². The van der Waals surface area contributed by atoms with E-state index in [1.165, 1.54) is 6.29 Å². The van der Waals surface area contributed by atoms with Crippen molar-refractivity contribution >= 4 is 12.6 Å². The van der Waals surface area contributed by atoms with Crippen LogP contribution in [0, 0.1) is 0 Å². The lowest BCUT2D eigenvalue weighted by Gasteiger charge is -2.00. The topological polar surface area (TPSA) is 80.4 Å². The van der Waals surface area contributed by atoms with E-state index in [0.29, 0.717) is 0 Å². The van der Waals surface area contributed by atoms with Crippen molar-refractivity contribution in [2.75, 3.05) is 0 Å². The number of rotatable bonds is 3. The quantitative estimate of drug-likeness (QED) is 0.441. The first-order valence-corrected chi connectivity index (χ1v) is 1.91. The second kappa shape index (κ2) is 3.29. The first-order chi connectivity index (χ1) is 3.72. The molecular weight excluding hydrogens is 110 g/mol. The summed E-state index contributed by atoms with van der Waals surface area (Å²) in [5, 5.41) is 8.32. The third kappa shape index (κ3) is 1.81. The van der Waals surface area contributed by atoms with Crippen molar-refractivity contribution in [3.8, 4) is 0 Å². The van der Waals surface area contributed by atoms with Crippen LogP contribution < -0.4 is 5.73 Å². The average molecular weight is 115 g/mol. The number of hydrogen-bond acceptors (Lipinski definition) is 4. The van der Waals surface area contributed by atoms with Gasteiger partial charge in [-0.05, 0) is 0 Å². The van der Waals surface area contributed by atoms with Crippen molar-refractivity contribution in [1.29, 1.82) is 0 Å². The van der Waals surface area contributed by atoms with Crippen LogP contribution in [0.3, 0.4) is 0 Å². The molecular formula is C4H5NO3. The highest BCUT2D eigenvalue weighted by atomic mass is 16.3. The van der Waals surface area contributed by atoms with Crippen LogP contribution in [0.15, 0.2) is 0 Å². The second-order valence-corrected chi connectivity index (χ2v) is 1.21. The highest BCUT2D eigenvalue weighted by Gasteiger charge is 2.12. The van der Waals surface area contributed by atoms with Crippen LogP contribution in [0.5, 0.6) is 0 Å². The Kier molecular flexibility index (Phi) is 2.98. The maximum atomic E-state index is 9.52. The predicted molar refractivity (Wildman–Crippen MR) is 25.4 cm³/mol. The third-order valence-corrected chi connectivity index (χ3v) is 0.597. The zero-order valence-corrected chi connectivity index (χ0v) is 4.00. The molecule has 0 fully saturated rings. The fraction of sp³-hybridized carbons (Fsp3) is 0.500. The molecule has 0 saturated carbocycles. The lowest BCUT2D eigenvalue weighted by atomic mass is 10.2. The Morgan fingerprint density at radius 3 is 2.00 bits per heavy atom. The van der Waals surface area contributed by atoms with Crippen LogP contribution >= 0.6 is 0 Å². The molecule has 1 unspecified atom stereocenters. The normalized spacial score (nSPS) is 16.8. The van der Waals surface area contributed by atoms with E-state index in [-0.39, 0.29) is 0 Å². The second-order valence-electron chi connectivity index (χ2n) is 1.21.